The molecule has 0 N–H and O–H groups in total. The fraction of sp³-hybridized carbons (Fsp3) is 1.00. The number of ether oxygens (including phenoxy) is 1. The fourth-order valence-electron chi connectivity index (χ4n) is 3.07. The van der Waals surface area contributed by atoms with Gasteiger partial charge < -0.3 is 4.74 Å². The SMILES string of the molecule is CCCCOCN1C(C)CC(C)CC1(C)C. The van der Waals surface area contributed by atoms with E-state index in [-0.39, 0.29) is 0 Å². The van der Waals surface area contributed by atoms with Crippen LogP contribution in [0, 0.1) is 5.92 Å². The monoisotopic (exact) mass is 227 g/mol. The highest BCUT2D eigenvalue weighted by molar-refractivity contribution is 4.90. The number of hydrogen-bond acceptors (Lipinski definition) is 2. The van der Waals surface area contributed by atoms with Gasteiger partial charge in [-0.1, -0.05) is 20.3 Å². The van der Waals surface area contributed by atoms with Crippen molar-refractivity contribution in [3.63, 3.8) is 0 Å². The van der Waals surface area contributed by atoms with Gasteiger partial charge in [0.1, 0.15) is 0 Å². The Kier molecular flexibility index (Phi) is 5.26. The highest BCUT2D eigenvalue weighted by Crippen LogP contribution is 2.34. The lowest BCUT2D eigenvalue weighted by Crippen LogP contribution is -2.54. The fourth-order valence-corrected chi connectivity index (χ4v) is 3.07. The molecule has 0 aromatic rings. The van der Waals surface area contributed by atoms with Crippen molar-refractivity contribution in [2.24, 2.45) is 5.92 Å². The second-order valence-corrected chi connectivity index (χ2v) is 6.07. The third-order valence-corrected chi connectivity index (χ3v) is 3.77. The molecule has 2 unspecified atom stereocenters. The molecule has 2 heteroatoms. The molecule has 0 spiro atoms. The van der Waals surface area contributed by atoms with Crippen LogP contribution in [0.1, 0.15) is 60.3 Å². The summed E-state index contributed by atoms with van der Waals surface area (Å²) in [6.45, 7) is 13.3. The Morgan fingerprint density at radius 1 is 1.31 bits per heavy atom. The molecule has 0 radical (unpaired) electrons. The summed E-state index contributed by atoms with van der Waals surface area (Å²) in [7, 11) is 0. The van der Waals surface area contributed by atoms with Gasteiger partial charge in [-0.25, -0.2) is 0 Å². The zero-order chi connectivity index (χ0) is 12.2. The average Bonchev–Trinajstić information content (AvgIpc) is 2.14. The summed E-state index contributed by atoms with van der Waals surface area (Å²) in [4.78, 5) is 2.53. The summed E-state index contributed by atoms with van der Waals surface area (Å²) in [6, 6.07) is 0.653. The first-order valence-corrected chi connectivity index (χ1v) is 6.82. The van der Waals surface area contributed by atoms with E-state index in [0.29, 0.717) is 11.6 Å². The lowest BCUT2D eigenvalue weighted by Gasteiger charge is -2.48. The zero-order valence-corrected chi connectivity index (χ0v) is 11.8. The van der Waals surface area contributed by atoms with E-state index < -0.39 is 0 Å². The van der Waals surface area contributed by atoms with Crippen molar-refractivity contribution in [2.75, 3.05) is 13.3 Å². The van der Waals surface area contributed by atoms with E-state index in [9.17, 15) is 0 Å². The molecule has 1 fully saturated rings. The lowest BCUT2D eigenvalue weighted by molar-refractivity contribution is -0.0795. The Morgan fingerprint density at radius 3 is 2.56 bits per heavy atom. The van der Waals surface area contributed by atoms with Crippen LogP contribution in [0.25, 0.3) is 0 Å². The molecule has 0 aromatic carbocycles. The molecule has 0 aliphatic carbocycles. The van der Waals surface area contributed by atoms with E-state index in [1.807, 2.05) is 0 Å². The van der Waals surface area contributed by atoms with Gasteiger partial charge >= 0.3 is 0 Å². The van der Waals surface area contributed by atoms with Crippen LogP contribution in [0.5, 0.6) is 0 Å². The number of unbranched alkanes of at least 4 members (excludes halogenated alkanes) is 1. The normalized spacial score (nSPS) is 30.6. The largest absolute Gasteiger partial charge is 0.366 e. The van der Waals surface area contributed by atoms with Crippen molar-refractivity contribution in [1.82, 2.24) is 4.90 Å². The molecule has 0 bridgehead atoms. The van der Waals surface area contributed by atoms with Crippen LogP contribution < -0.4 is 0 Å². The van der Waals surface area contributed by atoms with Gasteiger partial charge in [0.2, 0.25) is 0 Å². The molecule has 2 nitrogen and oxygen atoms in total. The van der Waals surface area contributed by atoms with Crippen molar-refractivity contribution < 1.29 is 4.74 Å². The minimum atomic E-state index is 0.295. The minimum Gasteiger partial charge on any atom is -0.366 e. The van der Waals surface area contributed by atoms with Crippen LogP contribution in [0.15, 0.2) is 0 Å². The van der Waals surface area contributed by atoms with Gasteiger partial charge in [0.05, 0.1) is 6.73 Å². The number of nitrogens with zero attached hydrogens (tertiary/aromatic N) is 1. The summed E-state index contributed by atoms with van der Waals surface area (Å²) in [5, 5.41) is 0. The van der Waals surface area contributed by atoms with Crippen molar-refractivity contribution >= 4 is 0 Å². The lowest BCUT2D eigenvalue weighted by atomic mass is 9.81. The van der Waals surface area contributed by atoms with Crippen LogP contribution in [0.4, 0.5) is 0 Å². The van der Waals surface area contributed by atoms with Gasteiger partial charge in [0.25, 0.3) is 0 Å². The Balaban J connectivity index is 2.42. The van der Waals surface area contributed by atoms with Gasteiger partial charge in [-0.15, -0.1) is 0 Å². The molecule has 1 heterocycles. The number of hydrogen-bond donors (Lipinski definition) is 0. The van der Waals surface area contributed by atoms with E-state index in [4.69, 9.17) is 4.74 Å². The molecule has 0 saturated carbocycles. The second kappa shape index (κ2) is 6.02. The minimum absolute atomic E-state index is 0.295. The van der Waals surface area contributed by atoms with E-state index >= 15 is 0 Å². The van der Waals surface area contributed by atoms with Gasteiger partial charge in [0, 0.05) is 18.2 Å². The van der Waals surface area contributed by atoms with Gasteiger partial charge in [-0.3, -0.25) is 4.90 Å². The summed E-state index contributed by atoms with van der Waals surface area (Å²) in [5.41, 5.74) is 0.295. The van der Waals surface area contributed by atoms with E-state index in [1.165, 1.54) is 25.7 Å². The molecular formula is C14H29NO. The zero-order valence-electron chi connectivity index (χ0n) is 11.8. The molecule has 96 valence electrons. The highest BCUT2D eigenvalue weighted by atomic mass is 16.5. The average molecular weight is 227 g/mol. The van der Waals surface area contributed by atoms with Crippen LogP contribution in [0.2, 0.25) is 0 Å². The first-order chi connectivity index (χ1) is 7.47. The van der Waals surface area contributed by atoms with E-state index in [2.05, 4.69) is 39.5 Å². The Labute approximate surface area is 101 Å². The van der Waals surface area contributed by atoms with Gasteiger partial charge in [-0.2, -0.15) is 0 Å². The first kappa shape index (κ1) is 14.0. The molecular weight excluding hydrogens is 198 g/mol. The number of likely N-dealkylation sites (tertiary alicyclic amines) is 1. The third kappa shape index (κ3) is 3.74. The molecule has 1 saturated heterocycles. The second-order valence-electron chi connectivity index (χ2n) is 6.07. The standard InChI is InChI=1S/C14H29NO/c1-6-7-8-16-11-15-13(3)9-12(2)10-14(15,4)5/h12-13H,6-11H2,1-5H3. The maximum Gasteiger partial charge on any atom is 0.0996 e. The van der Waals surface area contributed by atoms with E-state index in [0.717, 1.165) is 19.3 Å². The molecule has 0 amide bonds. The topological polar surface area (TPSA) is 12.5 Å². The predicted octanol–water partition coefficient (Wildman–Crippen LogP) is 3.66. The Hall–Kier alpha value is -0.0800. The summed E-state index contributed by atoms with van der Waals surface area (Å²) < 4.78 is 5.78. The molecule has 1 aliphatic heterocycles. The molecule has 2 atom stereocenters. The van der Waals surface area contributed by atoms with Crippen molar-refractivity contribution in [3.8, 4) is 0 Å². The highest BCUT2D eigenvalue weighted by Gasteiger charge is 2.37. The van der Waals surface area contributed by atoms with Gasteiger partial charge in [-0.05, 0) is 46.0 Å². The number of rotatable bonds is 5. The van der Waals surface area contributed by atoms with Gasteiger partial charge in [0.15, 0.2) is 0 Å². The van der Waals surface area contributed by atoms with Crippen LogP contribution in [-0.4, -0.2) is 29.8 Å². The predicted molar refractivity (Wildman–Crippen MR) is 69.5 cm³/mol. The molecule has 1 rings (SSSR count). The van der Waals surface area contributed by atoms with Crippen molar-refractivity contribution in [3.05, 3.63) is 0 Å². The maximum absolute atomic E-state index is 5.78. The number of piperidine rings is 1. The van der Waals surface area contributed by atoms with Crippen molar-refractivity contribution in [2.45, 2.75) is 71.9 Å². The van der Waals surface area contributed by atoms with E-state index in [1.54, 1.807) is 0 Å². The smallest absolute Gasteiger partial charge is 0.0996 e. The summed E-state index contributed by atoms with van der Waals surface area (Å²) in [6.07, 6.45) is 4.99. The maximum atomic E-state index is 5.78. The van der Waals surface area contributed by atoms with Crippen LogP contribution in [-0.2, 0) is 4.74 Å². The Morgan fingerprint density at radius 2 is 2.00 bits per heavy atom. The van der Waals surface area contributed by atoms with Crippen molar-refractivity contribution in [1.29, 1.82) is 0 Å². The Bertz CT molecular complexity index is 203. The first-order valence-electron chi connectivity index (χ1n) is 6.82. The summed E-state index contributed by atoms with van der Waals surface area (Å²) >= 11 is 0. The van der Waals surface area contributed by atoms with Crippen LogP contribution >= 0.6 is 0 Å². The molecule has 1 aliphatic rings. The quantitative estimate of drug-likeness (QED) is 0.665. The van der Waals surface area contributed by atoms with Crippen LogP contribution in [0.3, 0.4) is 0 Å². The summed E-state index contributed by atoms with van der Waals surface area (Å²) in [5.74, 6) is 0.844. The molecule has 16 heavy (non-hydrogen) atoms. The third-order valence-electron chi connectivity index (χ3n) is 3.77. The molecule has 0 aromatic heterocycles.